The summed E-state index contributed by atoms with van der Waals surface area (Å²) < 4.78 is 38.0. The van der Waals surface area contributed by atoms with Crippen molar-refractivity contribution in [1.82, 2.24) is 0 Å². The third-order valence-corrected chi connectivity index (χ3v) is 3.67. The normalized spacial score (nSPS) is 16.0. The zero-order valence-electron chi connectivity index (χ0n) is 10.9. The van der Waals surface area contributed by atoms with Crippen LogP contribution < -0.4 is 5.01 Å². The van der Waals surface area contributed by atoms with Gasteiger partial charge in [0.05, 0.1) is 21.3 Å². The minimum Gasteiger partial charge on any atom is -0.262 e. The van der Waals surface area contributed by atoms with Gasteiger partial charge in [-0.05, 0) is 18.1 Å². The average molecular weight is 325 g/mol. The summed E-state index contributed by atoms with van der Waals surface area (Å²) in [5.74, 6) is 0.284. The Morgan fingerprint density at radius 3 is 2.15 bits per heavy atom. The second-order valence-electron chi connectivity index (χ2n) is 4.91. The minimum atomic E-state index is -4.47. The first-order valence-corrected chi connectivity index (χ1v) is 6.87. The summed E-state index contributed by atoms with van der Waals surface area (Å²) in [6.45, 7) is 4.59. The Balaban J connectivity index is 2.40. The quantitative estimate of drug-likeness (QED) is 0.726. The number of hydrazone groups is 1. The standard InChI is InChI=1S/C13H13Cl2F3N2/c1-7(2)11-3-4-20(19-11)12-9(14)5-8(6-10(12)15)13(16,17)18/h5-7H,3-4H2,1-2H3. The van der Waals surface area contributed by atoms with Gasteiger partial charge < -0.3 is 0 Å². The third kappa shape index (κ3) is 3.04. The Morgan fingerprint density at radius 1 is 1.20 bits per heavy atom. The number of hydrogen-bond donors (Lipinski definition) is 0. The van der Waals surface area contributed by atoms with Gasteiger partial charge in [0.1, 0.15) is 0 Å². The van der Waals surface area contributed by atoms with Gasteiger partial charge in [-0.15, -0.1) is 0 Å². The van der Waals surface area contributed by atoms with Crippen LogP contribution in [0.1, 0.15) is 25.8 Å². The Hall–Kier alpha value is -0.940. The Morgan fingerprint density at radius 2 is 1.75 bits per heavy atom. The average Bonchev–Trinajstić information content (AvgIpc) is 2.76. The second-order valence-corrected chi connectivity index (χ2v) is 5.72. The van der Waals surface area contributed by atoms with Crippen molar-refractivity contribution >= 4 is 34.6 Å². The highest BCUT2D eigenvalue weighted by Gasteiger charge is 2.33. The molecule has 2 nitrogen and oxygen atoms in total. The topological polar surface area (TPSA) is 15.6 Å². The highest BCUT2D eigenvalue weighted by Crippen LogP contribution is 2.41. The van der Waals surface area contributed by atoms with E-state index < -0.39 is 11.7 Å². The molecule has 1 aromatic rings. The minimum absolute atomic E-state index is 0.0430. The Bertz CT molecular complexity index is 530. The van der Waals surface area contributed by atoms with Gasteiger partial charge in [0, 0.05) is 18.7 Å². The van der Waals surface area contributed by atoms with E-state index in [1.54, 1.807) is 5.01 Å². The maximum absolute atomic E-state index is 12.7. The SMILES string of the molecule is CC(C)C1=NN(c2c(Cl)cc(C(F)(F)F)cc2Cl)CC1. The maximum Gasteiger partial charge on any atom is 0.416 e. The smallest absolute Gasteiger partial charge is 0.262 e. The van der Waals surface area contributed by atoms with Crippen molar-refractivity contribution in [3.05, 3.63) is 27.7 Å². The van der Waals surface area contributed by atoms with Crippen molar-refractivity contribution in [1.29, 1.82) is 0 Å². The van der Waals surface area contributed by atoms with E-state index in [9.17, 15) is 13.2 Å². The summed E-state index contributed by atoms with van der Waals surface area (Å²) in [6.07, 6.45) is -3.71. The molecule has 110 valence electrons. The lowest BCUT2D eigenvalue weighted by Gasteiger charge is -2.18. The van der Waals surface area contributed by atoms with Crippen LogP contribution in [0.4, 0.5) is 18.9 Å². The molecule has 0 spiro atoms. The van der Waals surface area contributed by atoms with Crippen LogP contribution in [-0.4, -0.2) is 12.3 Å². The van der Waals surface area contributed by atoms with E-state index in [2.05, 4.69) is 5.10 Å². The lowest BCUT2D eigenvalue weighted by Crippen LogP contribution is -2.14. The molecule has 0 saturated heterocycles. The molecule has 1 heterocycles. The predicted octanol–water partition coefficient (Wildman–Crippen LogP) is 5.23. The van der Waals surface area contributed by atoms with Gasteiger partial charge in [-0.25, -0.2) is 0 Å². The molecule has 0 aromatic heterocycles. The van der Waals surface area contributed by atoms with Gasteiger partial charge in [0.2, 0.25) is 0 Å². The van der Waals surface area contributed by atoms with Crippen molar-refractivity contribution in [3.63, 3.8) is 0 Å². The number of alkyl halides is 3. The van der Waals surface area contributed by atoms with E-state index in [4.69, 9.17) is 23.2 Å². The third-order valence-electron chi connectivity index (χ3n) is 3.10. The van der Waals surface area contributed by atoms with Crippen molar-refractivity contribution in [3.8, 4) is 0 Å². The summed E-state index contributed by atoms with van der Waals surface area (Å²) in [4.78, 5) is 0. The number of benzene rings is 1. The van der Waals surface area contributed by atoms with Crippen molar-refractivity contribution in [2.24, 2.45) is 11.0 Å². The van der Waals surface area contributed by atoms with E-state index in [0.29, 0.717) is 12.2 Å². The molecule has 0 fully saturated rings. The van der Waals surface area contributed by atoms with Crippen molar-refractivity contribution < 1.29 is 13.2 Å². The second kappa shape index (κ2) is 5.45. The molecule has 0 saturated carbocycles. The van der Waals surface area contributed by atoms with Gasteiger partial charge in [0.15, 0.2) is 0 Å². The van der Waals surface area contributed by atoms with Crippen molar-refractivity contribution in [2.45, 2.75) is 26.4 Å². The van der Waals surface area contributed by atoms with Gasteiger partial charge in [-0.2, -0.15) is 18.3 Å². The lowest BCUT2D eigenvalue weighted by atomic mass is 10.1. The van der Waals surface area contributed by atoms with Gasteiger partial charge in [-0.1, -0.05) is 37.0 Å². The highest BCUT2D eigenvalue weighted by molar-refractivity contribution is 6.39. The molecule has 0 radical (unpaired) electrons. The van der Waals surface area contributed by atoms with E-state index in [1.807, 2.05) is 13.8 Å². The first-order chi connectivity index (χ1) is 9.20. The van der Waals surface area contributed by atoms with Crippen LogP contribution in [0.5, 0.6) is 0 Å². The van der Waals surface area contributed by atoms with Crippen LogP contribution in [0.2, 0.25) is 10.0 Å². The fourth-order valence-electron chi connectivity index (χ4n) is 2.02. The van der Waals surface area contributed by atoms with Crippen LogP contribution in [0, 0.1) is 5.92 Å². The fraction of sp³-hybridized carbons (Fsp3) is 0.462. The zero-order valence-corrected chi connectivity index (χ0v) is 12.4. The van der Waals surface area contributed by atoms with E-state index in [0.717, 1.165) is 24.3 Å². The van der Waals surface area contributed by atoms with Gasteiger partial charge in [0.25, 0.3) is 0 Å². The maximum atomic E-state index is 12.7. The summed E-state index contributed by atoms with van der Waals surface area (Å²) in [5.41, 5.74) is 0.456. The van der Waals surface area contributed by atoms with Crippen LogP contribution in [0.15, 0.2) is 17.2 Å². The van der Waals surface area contributed by atoms with Crippen LogP contribution >= 0.6 is 23.2 Å². The molecule has 0 amide bonds. The van der Waals surface area contributed by atoms with Crippen LogP contribution in [-0.2, 0) is 6.18 Å². The molecule has 1 aliphatic rings. The highest BCUT2D eigenvalue weighted by atomic mass is 35.5. The first-order valence-electron chi connectivity index (χ1n) is 6.11. The van der Waals surface area contributed by atoms with Gasteiger partial charge >= 0.3 is 6.18 Å². The summed E-state index contributed by atoms with van der Waals surface area (Å²) >= 11 is 11.9. The van der Waals surface area contributed by atoms with E-state index >= 15 is 0 Å². The molecular weight excluding hydrogens is 312 g/mol. The molecule has 1 aliphatic heterocycles. The Kier molecular flexibility index (Phi) is 4.21. The molecule has 0 unspecified atom stereocenters. The largest absolute Gasteiger partial charge is 0.416 e. The first kappa shape index (κ1) is 15.4. The van der Waals surface area contributed by atoms with Crippen LogP contribution in [0.3, 0.4) is 0 Å². The zero-order chi connectivity index (χ0) is 15.1. The summed E-state index contributed by atoms with van der Waals surface area (Å²) in [6, 6.07) is 1.76. The number of rotatable bonds is 2. The predicted molar refractivity (Wildman–Crippen MR) is 75.7 cm³/mol. The fourth-order valence-corrected chi connectivity index (χ4v) is 2.70. The molecule has 2 rings (SSSR count). The van der Waals surface area contributed by atoms with Gasteiger partial charge in [-0.3, -0.25) is 5.01 Å². The molecule has 1 aromatic carbocycles. The van der Waals surface area contributed by atoms with E-state index in [1.165, 1.54) is 0 Å². The number of halogens is 5. The number of hydrogen-bond acceptors (Lipinski definition) is 2. The molecule has 0 bridgehead atoms. The van der Waals surface area contributed by atoms with Crippen LogP contribution in [0.25, 0.3) is 0 Å². The van der Waals surface area contributed by atoms with E-state index in [-0.39, 0.29) is 16.0 Å². The molecule has 0 atom stereocenters. The molecule has 7 heteroatoms. The molecule has 0 N–H and O–H groups in total. The summed E-state index contributed by atoms with van der Waals surface area (Å²) in [5, 5.41) is 5.85. The summed E-state index contributed by atoms with van der Waals surface area (Å²) in [7, 11) is 0. The van der Waals surface area contributed by atoms with Crippen molar-refractivity contribution in [2.75, 3.05) is 11.6 Å². The molecule has 20 heavy (non-hydrogen) atoms. The Labute approximate surface area is 125 Å². The molecular formula is C13H13Cl2F3N2. The number of nitrogens with zero attached hydrogens (tertiary/aromatic N) is 2. The lowest BCUT2D eigenvalue weighted by molar-refractivity contribution is -0.137. The number of anilines is 1. The molecule has 0 aliphatic carbocycles. The monoisotopic (exact) mass is 324 g/mol.